The van der Waals surface area contributed by atoms with Gasteiger partial charge in [-0.25, -0.2) is 0 Å². The van der Waals surface area contributed by atoms with E-state index in [-0.39, 0.29) is 0 Å². The van der Waals surface area contributed by atoms with E-state index in [9.17, 15) is 0 Å². The van der Waals surface area contributed by atoms with Crippen LogP contribution >= 0.6 is 11.6 Å². The Bertz CT molecular complexity index is 474. The zero-order valence-corrected chi connectivity index (χ0v) is 13.5. The van der Waals surface area contributed by atoms with Gasteiger partial charge < -0.3 is 15.4 Å². The maximum absolute atomic E-state index is 6.35. The molecule has 1 aliphatic carbocycles. The van der Waals surface area contributed by atoms with E-state index in [0.29, 0.717) is 18.0 Å². The van der Waals surface area contributed by atoms with Gasteiger partial charge in [0.15, 0.2) is 0 Å². The van der Waals surface area contributed by atoms with Gasteiger partial charge in [0.25, 0.3) is 0 Å². The van der Waals surface area contributed by atoms with Crippen molar-refractivity contribution in [2.24, 2.45) is 5.92 Å². The highest BCUT2D eigenvalue weighted by Gasteiger charge is 2.33. The van der Waals surface area contributed by atoms with Gasteiger partial charge in [-0.2, -0.15) is 0 Å². The van der Waals surface area contributed by atoms with Crippen LogP contribution in [0, 0.1) is 5.92 Å². The third-order valence-corrected chi connectivity index (χ3v) is 5.28. The van der Waals surface area contributed by atoms with Crippen LogP contribution < -0.4 is 15.4 Å². The number of ether oxygens (including phenoxy) is 1. The second kappa shape index (κ2) is 6.89. The van der Waals surface area contributed by atoms with E-state index in [4.69, 9.17) is 16.3 Å². The van der Waals surface area contributed by atoms with Gasteiger partial charge in [-0.05, 0) is 50.3 Å². The molecule has 116 valence electrons. The van der Waals surface area contributed by atoms with E-state index in [0.717, 1.165) is 16.5 Å². The number of nitrogens with one attached hydrogen (secondary N) is 2. The summed E-state index contributed by atoms with van der Waals surface area (Å²) in [6.07, 6.45) is 7.84. The van der Waals surface area contributed by atoms with Crippen molar-refractivity contribution in [3.05, 3.63) is 23.2 Å². The molecule has 4 heteroatoms. The Morgan fingerprint density at radius 3 is 2.81 bits per heavy atom. The fourth-order valence-electron chi connectivity index (χ4n) is 3.84. The molecule has 0 amide bonds. The number of halogens is 1. The number of benzene rings is 1. The first-order valence-electron chi connectivity index (χ1n) is 8.11. The molecule has 1 aliphatic heterocycles. The van der Waals surface area contributed by atoms with Gasteiger partial charge in [0, 0.05) is 18.2 Å². The fourth-order valence-corrected chi connectivity index (χ4v) is 4.01. The Labute approximate surface area is 132 Å². The van der Waals surface area contributed by atoms with Crippen LogP contribution in [-0.2, 0) is 0 Å². The van der Waals surface area contributed by atoms with Gasteiger partial charge in [0.1, 0.15) is 5.75 Å². The van der Waals surface area contributed by atoms with Crippen LogP contribution in [0.3, 0.4) is 0 Å². The van der Waals surface area contributed by atoms with Crippen LogP contribution in [0.5, 0.6) is 5.75 Å². The molecule has 0 spiro atoms. The molecular weight excluding hydrogens is 284 g/mol. The Balaban J connectivity index is 1.74. The average Bonchev–Trinajstić information content (AvgIpc) is 3.04. The van der Waals surface area contributed by atoms with E-state index in [1.807, 2.05) is 18.2 Å². The van der Waals surface area contributed by atoms with Gasteiger partial charge >= 0.3 is 0 Å². The van der Waals surface area contributed by atoms with Crippen molar-refractivity contribution in [3.63, 3.8) is 0 Å². The van der Waals surface area contributed by atoms with Crippen LogP contribution in [0.25, 0.3) is 0 Å². The van der Waals surface area contributed by atoms with Crippen molar-refractivity contribution < 1.29 is 4.74 Å². The molecule has 3 atom stereocenters. The SMILES string of the molecule is COc1ccc(Cl)c(NC2CCCCC2C2CCCN2)c1. The van der Waals surface area contributed by atoms with Crippen molar-refractivity contribution >= 4 is 17.3 Å². The Morgan fingerprint density at radius 1 is 1.19 bits per heavy atom. The summed E-state index contributed by atoms with van der Waals surface area (Å²) in [4.78, 5) is 0. The van der Waals surface area contributed by atoms with Crippen molar-refractivity contribution in [2.45, 2.75) is 50.6 Å². The predicted octanol–water partition coefficient (Wildman–Crippen LogP) is 4.07. The summed E-state index contributed by atoms with van der Waals surface area (Å²) in [7, 11) is 1.69. The minimum absolute atomic E-state index is 0.513. The van der Waals surface area contributed by atoms with Gasteiger partial charge in [0.2, 0.25) is 0 Å². The quantitative estimate of drug-likeness (QED) is 0.879. The molecule has 0 radical (unpaired) electrons. The van der Waals surface area contributed by atoms with Crippen LogP contribution in [0.15, 0.2) is 18.2 Å². The number of anilines is 1. The fraction of sp³-hybridized carbons (Fsp3) is 0.647. The van der Waals surface area contributed by atoms with E-state index >= 15 is 0 Å². The van der Waals surface area contributed by atoms with Crippen molar-refractivity contribution in [3.8, 4) is 5.75 Å². The Kier molecular flexibility index (Phi) is 4.91. The van der Waals surface area contributed by atoms with Crippen molar-refractivity contribution in [1.82, 2.24) is 5.32 Å². The summed E-state index contributed by atoms with van der Waals surface area (Å²) in [5.41, 5.74) is 1.01. The zero-order chi connectivity index (χ0) is 14.7. The minimum atomic E-state index is 0.513. The number of rotatable bonds is 4. The predicted molar refractivity (Wildman–Crippen MR) is 88.4 cm³/mol. The summed E-state index contributed by atoms with van der Waals surface area (Å²) in [6, 6.07) is 7.01. The molecule has 2 fully saturated rings. The summed E-state index contributed by atoms with van der Waals surface area (Å²) >= 11 is 6.35. The maximum Gasteiger partial charge on any atom is 0.121 e. The highest BCUT2D eigenvalue weighted by Crippen LogP contribution is 2.35. The molecule has 0 bridgehead atoms. The van der Waals surface area contributed by atoms with Crippen LogP contribution in [0.2, 0.25) is 5.02 Å². The Hall–Kier alpha value is -0.930. The molecule has 3 nitrogen and oxygen atoms in total. The lowest BCUT2D eigenvalue weighted by atomic mass is 9.79. The Morgan fingerprint density at radius 2 is 2.05 bits per heavy atom. The van der Waals surface area contributed by atoms with Crippen molar-refractivity contribution in [2.75, 3.05) is 19.0 Å². The molecule has 1 aromatic rings. The van der Waals surface area contributed by atoms with Gasteiger partial charge in [-0.1, -0.05) is 24.4 Å². The molecule has 2 N–H and O–H groups in total. The first-order chi connectivity index (χ1) is 10.3. The number of methoxy groups -OCH3 is 1. The minimum Gasteiger partial charge on any atom is -0.497 e. The first kappa shape index (κ1) is 15.0. The molecule has 3 unspecified atom stereocenters. The first-order valence-corrected chi connectivity index (χ1v) is 8.49. The lowest BCUT2D eigenvalue weighted by Gasteiger charge is -2.37. The van der Waals surface area contributed by atoms with E-state index in [1.54, 1.807) is 7.11 Å². The van der Waals surface area contributed by atoms with Crippen LogP contribution in [0.1, 0.15) is 38.5 Å². The molecular formula is C17H25ClN2O. The molecule has 21 heavy (non-hydrogen) atoms. The second-order valence-electron chi connectivity index (χ2n) is 6.25. The van der Waals surface area contributed by atoms with E-state index < -0.39 is 0 Å². The monoisotopic (exact) mass is 308 g/mol. The average molecular weight is 309 g/mol. The molecule has 1 saturated carbocycles. The topological polar surface area (TPSA) is 33.3 Å². The highest BCUT2D eigenvalue weighted by molar-refractivity contribution is 6.33. The molecule has 0 aromatic heterocycles. The zero-order valence-electron chi connectivity index (χ0n) is 12.7. The normalized spacial score (nSPS) is 29.3. The summed E-state index contributed by atoms with van der Waals surface area (Å²) in [6.45, 7) is 1.17. The molecule has 1 saturated heterocycles. The molecule has 2 aliphatic rings. The smallest absolute Gasteiger partial charge is 0.121 e. The number of hydrogen-bond donors (Lipinski definition) is 2. The van der Waals surface area contributed by atoms with Gasteiger partial charge in [-0.15, -0.1) is 0 Å². The van der Waals surface area contributed by atoms with Gasteiger partial charge in [-0.3, -0.25) is 0 Å². The molecule has 1 heterocycles. The standard InChI is InChI=1S/C17H25ClN2O/c1-21-12-8-9-14(18)17(11-12)20-16-6-3-2-5-13(16)15-7-4-10-19-15/h8-9,11,13,15-16,19-20H,2-7,10H2,1H3. The summed E-state index contributed by atoms with van der Waals surface area (Å²) in [5, 5.41) is 8.16. The lowest BCUT2D eigenvalue weighted by molar-refractivity contribution is 0.262. The third kappa shape index (κ3) is 3.46. The van der Waals surface area contributed by atoms with Crippen LogP contribution in [0.4, 0.5) is 5.69 Å². The van der Waals surface area contributed by atoms with Crippen molar-refractivity contribution in [1.29, 1.82) is 0 Å². The third-order valence-electron chi connectivity index (χ3n) is 4.95. The second-order valence-corrected chi connectivity index (χ2v) is 6.65. The largest absolute Gasteiger partial charge is 0.497 e. The molecule has 1 aromatic carbocycles. The van der Waals surface area contributed by atoms with E-state index in [1.165, 1.54) is 45.1 Å². The van der Waals surface area contributed by atoms with E-state index in [2.05, 4.69) is 10.6 Å². The van der Waals surface area contributed by atoms with Gasteiger partial charge in [0.05, 0.1) is 17.8 Å². The summed E-state index contributed by atoms with van der Waals surface area (Å²) in [5.74, 6) is 1.57. The number of hydrogen-bond acceptors (Lipinski definition) is 3. The molecule has 3 rings (SSSR count). The summed E-state index contributed by atoms with van der Waals surface area (Å²) < 4.78 is 5.31. The maximum atomic E-state index is 6.35. The highest BCUT2D eigenvalue weighted by atomic mass is 35.5. The lowest BCUT2D eigenvalue weighted by Crippen LogP contribution is -2.43. The van der Waals surface area contributed by atoms with Crippen LogP contribution in [-0.4, -0.2) is 25.7 Å².